The molecule has 0 saturated carbocycles. The largest absolute Gasteiger partial charge is 0.353 e. The second kappa shape index (κ2) is 8.73. The van der Waals surface area contributed by atoms with E-state index in [-0.39, 0.29) is 0 Å². The minimum atomic E-state index is 0.611. The lowest BCUT2D eigenvalue weighted by Crippen LogP contribution is -2.46. The van der Waals surface area contributed by atoms with Crippen molar-refractivity contribution >= 4 is 18.2 Å². The van der Waals surface area contributed by atoms with Gasteiger partial charge in [-0.15, -0.1) is 0 Å². The normalized spacial score (nSPS) is 14.0. The molecule has 6 nitrogen and oxygen atoms in total. The Kier molecular flexibility index (Phi) is 5.70. The number of aromatic nitrogens is 2. The van der Waals surface area contributed by atoms with Crippen molar-refractivity contribution in [2.75, 3.05) is 36.4 Å². The maximum Gasteiger partial charge on any atom is 0.225 e. The first-order valence-electron chi connectivity index (χ1n) is 9.89. The predicted molar refractivity (Wildman–Crippen MR) is 116 cm³/mol. The number of rotatable bonds is 6. The lowest BCUT2D eigenvalue weighted by atomic mass is 10.1. The molecule has 6 heteroatoms. The molecule has 0 aliphatic carbocycles. The Bertz CT molecular complexity index is 951. The summed E-state index contributed by atoms with van der Waals surface area (Å²) in [7, 11) is 0. The number of amides is 1. The highest BCUT2D eigenvalue weighted by molar-refractivity contribution is 5.65. The molecule has 0 radical (unpaired) electrons. The smallest absolute Gasteiger partial charge is 0.225 e. The third-order valence-corrected chi connectivity index (χ3v) is 5.14. The van der Waals surface area contributed by atoms with Gasteiger partial charge in [0.2, 0.25) is 12.4 Å². The summed E-state index contributed by atoms with van der Waals surface area (Å²) in [4.78, 5) is 24.5. The Labute approximate surface area is 171 Å². The topological polar surface area (TPSA) is 61.4 Å². The molecule has 0 spiro atoms. The highest BCUT2D eigenvalue weighted by Crippen LogP contribution is 2.24. The van der Waals surface area contributed by atoms with Gasteiger partial charge in [-0.05, 0) is 12.5 Å². The summed E-state index contributed by atoms with van der Waals surface area (Å²) in [5, 5.41) is 3.37. The van der Waals surface area contributed by atoms with E-state index in [9.17, 15) is 4.79 Å². The standard InChI is InChI=1S/C23H25N5O/c1-18-7-9-19(10-8-18)16-24-23-25-21(20-5-3-2-4-6-20)15-22(26-23)28-13-11-27(17-29)12-14-28/h2-10,15,17H,11-14,16H2,1H3,(H,24,25,26). The molecule has 29 heavy (non-hydrogen) atoms. The fourth-order valence-electron chi connectivity index (χ4n) is 3.38. The monoisotopic (exact) mass is 387 g/mol. The van der Waals surface area contributed by atoms with E-state index in [1.54, 1.807) is 4.90 Å². The van der Waals surface area contributed by atoms with Crippen LogP contribution in [0.4, 0.5) is 11.8 Å². The number of aryl methyl sites for hydroxylation is 1. The van der Waals surface area contributed by atoms with Crippen LogP contribution >= 0.6 is 0 Å². The molecule has 1 aliphatic rings. The van der Waals surface area contributed by atoms with Gasteiger partial charge in [-0.2, -0.15) is 4.98 Å². The van der Waals surface area contributed by atoms with Crippen molar-refractivity contribution in [1.82, 2.24) is 14.9 Å². The third-order valence-electron chi connectivity index (χ3n) is 5.14. The van der Waals surface area contributed by atoms with Gasteiger partial charge in [-0.1, -0.05) is 60.2 Å². The lowest BCUT2D eigenvalue weighted by Gasteiger charge is -2.33. The van der Waals surface area contributed by atoms with Crippen molar-refractivity contribution < 1.29 is 4.79 Å². The zero-order valence-electron chi connectivity index (χ0n) is 16.6. The SMILES string of the molecule is Cc1ccc(CNc2nc(-c3ccccc3)cc(N3CCN(C=O)CC3)n2)cc1. The molecule has 1 aliphatic heterocycles. The number of carbonyl (C=O) groups excluding carboxylic acids is 1. The molecule has 3 aromatic rings. The van der Waals surface area contributed by atoms with Crippen molar-refractivity contribution in [1.29, 1.82) is 0 Å². The van der Waals surface area contributed by atoms with Gasteiger partial charge in [0, 0.05) is 44.4 Å². The van der Waals surface area contributed by atoms with E-state index in [2.05, 4.69) is 53.5 Å². The minimum absolute atomic E-state index is 0.611. The summed E-state index contributed by atoms with van der Waals surface area (Å²) >= 11 is 0. The van der Waals surface area contributed by atoms with Gasteiger partial charge in [-0.25, -0.2) is 4.98 Å². The number of benzene rings is 2. The second-order valence-electron chi connectivity index (χ2n) is 7.27. The minimum Gasteiger partial charge on any atom is -0.353 e. The number of hydrogen-bond donors (Lipinski definition) is 1. The van der Waals surface area contributed by atoms with Crippen molar-refractivity contribution in [2.45, 2.75) is 13.5 Å². The number of piperazine rings is 1. The predicted octanol–water partition coefficient (Wildman–Crippen LogP) is 3.34. The van der Waals surface area contributed by atoms with Crippen LogP contribution in [-0.2, 0) is 11.3 Å². The van der Waals surface area contributed by atoms with Crippen molar-refractivity contribution in [2.24, 2.45) is 0 Å². The summed E-state index contributed by atoms with van der Waals surface area (Å²) in [5.41, 5.74) is 4.37. The second-order valence-corrected chi connectivity index (χ2v) is 7.27. The first-order valence-corrected chi connectivity index (χ1v) is 9.89. The van der Waals surface area contributed by atoms with Crippen LogP contribution in [0.1, 0.15) is 11.1 Å². The zero-order chi connectivity index (χ0) is 20.1. The number of nitrogens with zero attached hydrogens (tertiary/aromatic N) is 4. The van der Waals surface area contributed by atoms with Gasteiger partial charge in [0.1, 0.15) is 5.82 Å². The molecular weight excluding hydrogens is 362 g/mol. The highest BCUT2D eigenvalue weighted by Gasteiger charge is 2.18. The van der Waals surface area contributed by atoms with Gasteiger partial charge in [-0.3, -0.25) is 4.79 Å². The molecule has 2 aromatic carbocycles. The fourth-order valence-corrected chi connectivity index (χ4v) is 3.38. The Morgan fingerprint density at radius 1 is 0.966 bits per heavy atom. The summed E-state index contributed by atoms with van der Waals surface area (Å²) in [6.45, 7) is 5.69. The molecule has 1 amide bonds. The average Bonchev–Trinajstić information content (AvgIpc) is 2.79. The number of hydrogen-bond acceptors (Lipinski definition) is 5. The summed E-state index contributed by atoms with van der Waals surface area (Å²) in [6.07, 6.45) is 0.918. The number of nitrogens with one attached hydrogen (secondary N) is 1. The fraction of sp³-hybridized carbons (Fsp3) is 0.261. The molecular formula is C23H25N5O. The molecule has 1 aromatic heterocycles. The summed E-state index contributed by atoms with van der Waals surface area (Å²) < 4.78 is 0. The number of carbonyl (C=O) groups is 1. The maximum atomic E-state index is 11.0. The third kappa shape index (κ3) is 4.71. The molecule has 1 fully saturated rings. The van der Waals surface area contributed by atoms with Crippen LogP contribution in [0.5, 0.6) is 0 Å². The van der Waals surface area contributed by atoms with E-state index in [1.807, 2.05) is 24.3 Å². The molecule has 4 rings (SSSR count). The van der Waals surface area contributed by atoms with Crippen LogP contribution < -0.4 is 10.2 Å². The first kappa shape index (κ1) is 18.9. The van der Waals surface area contributed by atoms with Crippen LogP contribution in [0.15, 0.2) is 60.7 Å². The van der Waals surface area contributed by atoms with Gasteiger partial charge in [0.25, 0.3) is 0 Å². The van der Waals surface area contributed by atoms with Crippen LogP contribution in [0, 0.1) is 6.92 Å². The lowest BCUT2D eigenvalue weighted by molar-refractivity contribution is -0.118. The molecule has 1 saturated heterocycles. The Morgan fingerprint density at radius 2 is 1.69 bits per heavy atom. The number of anilines is 2. The van der Waals surface area contributed by atoms with E-state index < -0.39 is 0 Å². The summed E-state index contributed by atoms with van der Waals surface area (Å²) in [6, 6.07) is 20.6. The maximum absolute atomic E-state index is 11.0. The van der Waals surface area contributed by atoms with Crippen LogP contribution in [0.2, 0.25) is 0 Å². The molecule has 2 heterocycles. The summed E-state index contributed by atoms with van der Waals surface area (Å²) in [5.74, 6) is 1.50. The Morgan fingerprint density at radius 3 is 2.38 bits per heavy atom. The average molecular weight is 387 g/mol. The van der Waals surface area contributed by atoms with Gasteiger partial charge >= 0.3 is 0 Å². The molecule has 0 bridgehead atoms. The first-order chi connectivity index (χ1) is 14.2. The van der Waals surface area contributed by atoms with Gasteiger partial charge < -0.3 is 15.1 Å². The van der Waals surface area contributed by atoms with Crippen molar-refractivity contribution in [3.05, 3.63) is 71.8 Å². The van der Waals surface area contributed by atoms with Gasteiger partial charge in [0.05, 0.1) is 5.69 Å². The zero-order valence-corrected chi connectivity index (χ0v) is 16.6. The van der Waals surface area contributed by atoms with E-state index in [1.165, 1.54) is 11.1 Å². The van der Waals surface area contributed by atoms with Crippen molar-refractivity contribution in [3.8, 4) is 11.3 Å². The van der Waals surface area contributed by atoms with E-state index in [0.717, 1.165) is 36.6 Å². The van der Waals surface area contributed by atoms with Crippen LogP contribution in [-0.4, -0.2) is 47.5 Å². The molecule has 148 valence electrons. The van der Waals surface area contributed by atoms with Gasteiger partial charge in [0.15, 0.2) is 0 Å². The Hall–Kier alpha value is -3.41. The quantitative estimate of drug-likeness (QED) is 0.658. The molecule has 0 atom stereocenters. The molecule has 0 unspecified atom stereocenters. The highest BCUT2D eigenvalue weighted by atomic mass is 16.1. The van der Waals surface area contributed by atoms with Crippen LogP contribution in [0.25, 0.3) is 11.3 Å². The van der Waals surface area contributed by atoms with E-state index in [0.29, 0.717) is 25.6 Å². The van der Waals surface area contributed by atoms with Crippen molar-refractivity contribution in [3.63, 3.8) is 0 Å². The van der Waals surface area contributed by atoms with Crippen LogP contribution in [0.3, 0.4) is 0 Å². The van der Waals surface area contributed by atoms with E-state index >= 15 is 0 Å². The molecule has 1 N–H and O–H groups in total. The Balaban J connectivity index is 1.59. The van der Waals surface area contributed by atoms with E-state index in [4.69, 9.17) is 9.97 Å².